The molecular formula is C14H20O2. The summed E-state index contributed by atoms with van der Waals surface area (Å²) in [4.78, 5) is 0. The average Bonchev–Trinajstić information content (AvgIpc) is 2.80. The van der Waals surface area contributed by atoms with Crippen LogP contribution in [0.3, 0.4) is 0 Å². The average molecular weight is 220 g/mol. The van der Waals surface area contributed by atoms with Crippen molar-refractivity contribution in [3.05, 3.63) is 29.8 Å². The maximum absolute atomic E-state index is 9.14. The molecule has 1 aliphatic carbocycles. The first-order chi connectivity index (χ1) is 7.84. The first kappa shape index (κ1) is 11.5. The molecule has 0 atom stereocenters. The number of benzene rings is 1. The third kappa shape index (κ3) is 3.53. The fraction of sp³-hybridized carbons (Fsp3) is 0.571. The van der Waals surface area contributed by atoms with E-state index < -0.39 is 0 Å². The van der Waals surface area contributed by atoms with E-state index in [4.69, 9.17) is 9.84 Å². The molecule has 0 unspecified atom stereocenters. The zero-order valence-electron chi connectivity index (χ0n) is 9.69. The van der Waals surface area contributed by atoms with Gasteiger partial charge in [-0.05, 0) is 42.9 Å². The smallest absolute Gasteiger partial charge is 0.115 e. The quantitative estimate of drug-likeness (QED) is 0.772. The van der Waals surface area contributed by atoms with Crippen LogP contribution in [0.5, 0.6) is 5.75 Å². The Morgan fingerprint density at radius 1 is 1.12 bits per heavy atom. The Morgan fingerprint density at radius 2 is 1.81 bits per heavy atom. The second kappa shape index (κ2) is 5.90. The van der Waals surface area contributed by atoms with Crippen molar-refractivity contribution in [2.24, 2.45) is 5.92 Å². The molecule has 0 radical (unpaired) electrons. The van der Waals surface area contributed by atoms with Gasteiger partial charge < -0.3 is 9.84 Å². The Bertz CT molecular complexity index is 299. The third-order valence-corrected chi connectivity index (χ3v) is 3.30. The van der Waals surface area contributed by atoms with Crippen LogP contribution in [0.1, 0.15) is 31.2 Å². The van der Waals surface area contributed by atoms with Crippen LogP contribution in [0.4, 0.5) is 0 Å². The lowest BCUT2D eigenvalue weighted by Crippen LogP contribution is -2.07. The van der Waals surface area contributed by atoms with Gasteiger partial charge in [0.15, 0.2) is 0 Å². The lowest BCUT2D eigenvalue weighted by Gasteiger charge is -2.09. The zero-order valence-corrected chi connectivity index (χ0v) is 9.69. The standard InChI is InChI=1S/C14H20O2/c15-14-7-5-12(6-8-14)9-10-16-11-13-3-1-2-4-13/h5-8,13,15H,1-4,9-11H2. The fourth-order valence-electron chi connectivity index (χ4n) is 2.28. The van der Waals surface area contributed by atoms with Crippen molar-refractivity contribution in [2.75, 3.05) is 13.2 Å². The number of hydrogen-bond donors (Lipinski definition) is 1. The van der Waals surface area contributed by atoms with E-state index in [1.165, 1.54) is 31.2 Å². The topological polar surface area (TPSA) is 29.5 Å². The summed E-state index contributed by atoms with van der Waals surface area (Å²) in [5.41, 5.74) is 1.23. The normalized spacial score (nSPS) is 16.8. The second-order valence-electron chi connectivity index (χ2n) is 4.64. The molecule has 0 aliphatic heterocycles. The predicted octanol–water partition coefficient (Wildman–Crippen LogP) is 3.14. The Balaban J connectivity index is 1.62. The van der Waals surface area contributed by atoms with E-state index in [-0.39, 0.29) is 0 Å². The highest BCUT2D eigenvalue weighted by Crippen LogP contribution is 2.24. The molecule has 1 aromatic rings. The van der Waals surface area contributed by atoms with E-state index in [0.29, 0.717) is 5.75 Å². The van der Waals surface area contributed by atoms with Gasteiger partial charge in [-0.2, -0.15) is 0 Å². The van der Waals surface area contributed by atoms with Crippen LogP contribution >= 0.6 is 0 Å². The number of aromatic hydroxyl groups is 1. The molecule has 0 aromatic heterocycles. The molecule has 1 fully saturated rings. The van der Waals surface area contributed by atoms with E-state index in [1.807, 2.05) is 12.1 Å². The van der Waals surface area contributed by atoms with Crippen molar-refractivity contribution in [1.29, 1.82) is 0 Å². The Morgan fingerprint density at radius 3 is 2.50 bits per heavy atom. The summed E-state index contributed by atoms with van der Waals surface area (Å²) >= 11 is 0. The number of rotatable bonds is 5. The van der Waals surface area contributed by atoms with Gasteiger partial charge in [-0.15, -0.1) is 0 Å². The minimum absolute atomic E-state index is 0.329. The van der Waals surface area contributed by atoms with Gasteiger partial charge in [-0.3, -0.25) is 0 Å². The number of phenolic OH excluding ortho intramolecular Hbond substituents is 1. The van der Waals surface area contributed by atoms with Gasteiger partial charge in [0.25, 0.3) is 0 Å². The van der Waals surface area contributed by atoms with Crippen LogP contribution in [0, 0.1) is 5.92 Å². The molecule has 0 bridgehead atoms. The molecule has 2 heteroatoms. The van der Waals surface area contributed by atoms with Crippen molar-refractivity contribution in [2.45, 2.75) is 32.1 Å². The highest BCUT2D eigenvalue weighted by Gasteiger charge is 2.14. The summed E-state index contributed by atoms with van der Waals surface area (Å²) in [6.07, 6.45) is 6.39. The van der Waals surface area contributed by atoms with Crippen LogP contribution < -0.4 is 0 Å². The van der Waals surface area contributed by atoms with Crippen molar-refractivity contribution >= 4 is 0 Å². The van der Waals surface area contributed by atoms with Crippen LogP contribution in [0.2, 0.25) is 0 Å². The van der Waals surface area contributed by atoms with Gasteiger partial charge >= 0.3 is 0 Å². The molecule has 16 heavy (non-hydrogen) atoms. The van der Waals surface area contributed by atoms with Crippen molar-refractivity contribution in [3.63, 3.8) is 0 Å². The first-order valence-electron chi connectivity index (χ1n) is 6.20. The SMILES string of the molecule is Oc1ccc(CCOCC2CCCC2)cc1. The molecule has 1 N–H and O–H groups in total. The summed E-state index contributed by atoms with van der Waals surface area (Å²) in [6.45, 7) is 1.72. The Labute approximate surface area is 97.3 Å². The number of hydrogen-bond acceptors (Lipinski definition) is 2. The van der Waals surface area contributed by atoms with Gasteiger partial charge in [-0.1, -0.05) is 25.0 Å². The molecule has 0 saturated heterocycles. The summed E-state index contributed by atoms with van der Waals surface area (Å²) in [7, 11) is 0. The number of phenols is 1. The Hall–Kier alpha value is -1.02. The highest BCUT2D eigenvalue weighted by molar-refractivity contribution is 5.25. The molecule has 0 spiro atoms. The Kier molecular flexibility index (Phi) is 4.23. The molecule has 2 nitrogen and oxygen atoms in total. The largest absolute Gasteiger partial charge is 0.508 e. The summed E-state index contributed by atoms with van der Waals surface area (Å²) in [6, 6.07) is 7.36. The van der Waals surface area contributed by atoms with Crippen LogP contribution in [0.15, 0.2) is 24.3 Å². The first-order valence-corrected chi connectivity index (χ1v) is 6.20. The summed E-state index contributed by atoms with van der Waals surface area (Å²) in [5, 5.41) is 9.14. The van der Waals surface area contributed by atoms with E-state index in [0.717, 1.165) is 25.6 Å². The van der Waals surface area contributed by atoms with Crippen LogP contribution in [-0.4, -0.2) is 18.3 Å². The minimum Gasteiger partial charge on any atom is -0.508 e. The minimum atomic E-state index is 0.329. The van der Waals surface area contributed by atoms with E-state index in [2.05, 4.69) is 0 Å². The van der Waals surface area contributed by atoms with E-state index in [1.54, 1.807) is 12.1 Å². The molecule has 0 heterocycles. The fourth-order valence-corrected chi connectivity index (χ4v) is 2.28. The lowest BCUT2D eigenvalue weighted by atomic mass is 10.1. The van der Waals surface area contributed by atoms with E-state index >= 15 is 0 Å². The second-order valence-corrected chi connectivity index (χ2v) is 4.64. The molecular weight excluding hydrogens is 200 g/mol. The maximum Gasteiger partial charge on any atom is 0.115 e. The molecule has 0 amide bonds. The van der Waals surface area contributed by atoms with Crippen LogP contribution in [-0.2, 0) is 11.2 Å². The number of ether oxygens (including phenoxy) is 1. The lowest BCUT2D eigenvalue weighted by molar-refractivity contribution is 0.104. The molecule has 1 aliphatic rings. The maximum atomic E-state index is 9.14. The third-order valence-electron chi connectivity index (χ3n) is 3.30. The van der Waals surface area contributed by atoms with Gasteiger partial charge in [0.05, 0.1) is 6.61 Å². The van der Waals surface area contributed by atoms with Gasteiger partial charge in [0.1, 0.15) is 5.75 Å². The van der Waals surface area contributed by atoms with Gasteiger partial charge in [0, 0.05) is 6.61 Å². The predicted molar refractivity (Wildman–Crippen MR) is 64.6 cm³/mol. The van der Waals surface area contributed by atoms with Crippen LogP contribution in [0.25, 0.3) is 0 Å². The van der Waals surface area contributed by atoms with Crippen molar-refractivity contribution in [1.82, 2.24) is 0 Å². The monoisotopic (exact) mass is 220 g/mol. The molecule has 1 aromatic carbocycles. The molecule has 88 valence electrons. The highest BCUT2D eigenvalue weighted by atomic mass is 16.5. The van der Waals surface area contributed by atoms with Gasteiger partial charge in [0.2, 0.25) is 0 Å². The van der Waals surface area contributed by atoms with Crippen molar-refractivity contribution in [3.8, 4) is 5.75 Å². The molecule has 2 rings (SSSR count). The van der Waals surface area contributed by atoms with E-state index in [9.17, 15) is 0 Å². The zero-order chi connectivity index (χ0) is 11.2. The molecule has 1 saturated carbocycles. The summed E-state index contributed by atoms with van der Waals surface area (Å²) in [5.74, 6) is 1.13. The van der Waals surface area contributed by atoms with Gasteiger partial charge in [-0.25, -0.2) is 0 Å². The summed E-state index contributed by atoms with van der Waals surface area (Å²) < 4.78 is 5.69. The van der Waals surface area contributed by atoms with Crippen molar-refractivity contribution < 1.29 is 9.84 Å².